The van der Waals surface area contributed by atoms with E-state index in [0.717, 1.165) is 0 Å². The van der Waals surface area contributed by atoms with Crippen molar-refractivity contribution in [3.63, 3.8) is 0 Å². The molecule has 0 aromatic carbocycles. The lowest BCUT2D eigenvalue weighted by molar-refractivity contribution is -0.285. The molecule has 1 aliphatic rings. The molecule has 1 aliphatic heterocycles. The lowest BCUT2D eigenvalue weighted by Crippen LogP contribution is -2.60. The summed E-state index contributed by atoms with van der Waals surface area (Å²) in [5.74, 6) is -1.11. The third-order valence-corrected chi connectivity index (χ3v) is 3.31. The maximum absolute atomic E-state index is 11.4. The van der Waals surface area contributed by atoms with Gasteiger partial charge in [0.05, 0.1) is 6.42 Å². The van der Waals surface area contributed by atoms with E-state index in [2.05, 4.69) is 10.6 Å². The van der Waals surface area contributed by atoms with Gasteiger partial charge >= 0.3 is 18.2 Å². The van der Waals surface area contributed by atoms with Crippen molar-refractivity contribution >= 4 is 18.2 Å². The summed E-state index contributed by atoms with van der Waals surface area (Å²) in [5, 5.41) is 42.6. The Morgan fingerprint density at radius 1 is 1.04 bits per heavy atom. The van der Waals surface area contributed by atoms with Gasteiger partial charge in [0.1, 0.15) is 24.9 Å². The third-order valence-electron chi connectivity index (χ3n) is 3.31. The van der Waals surface area contributed by atoms with E-state index in [1.807, 2.05) is 0 Å². The van der Waals surface area contributed by atoms with Crippen LogP contribution in [-0.4, -0.2) is 95.5 Å². The van der Waals surface area contributed by atoms with E-state index >= 15 is 0 Å². The summed E-state index contributed by atoms with van der Waals surface area (Å²) in [6.07, 6.45) is -10.2. The molecule has 1 saturated heterocycles. The Labute approximate surface area is 148 Å². The number of hydrogen-bond acceptors (Lipinski definition) is 10. The van der Waals surface area contributed by atoms with Gasteiger partial charge in [-0.25, -0.2) is 9.59 Å². The molecule has 150 valence electrons. The molecule has 8 N–H and O–H groups in total. The Morgan fingerprint density at radius 3 is 2.31 bits per heavy atom. The molecule has 13 heteroatoms. The number of carboxylic acids is 1. The molecule has 1 fully saturated rings. The van der Waals surface area contributed by atoms with E-state index in [4.69, 9.17) is 25.1 Å². The van der Waals surface area contributed by atoms with Crippen LogP contribution >= 0.6 is 0 Å². The molecule has 0 radical (unpaired) electrons. The molecule has 26 heavy (non-hydrogen) atoms. The van der Waals surface area contributed by atoms with Crippen molar-refractivity contribution in [1.29, 1.82) is 0 Å². The van der Waals surface area contributed by atoms with Crippen molar-refractivity contribution < 1.29 is 49.0 Å². The first-order valence-corrected chi connectivity index (χ1v) is 7.73. The quantitative estimate of drug-likeness (QED) is 0.221. The highest BCUT2D eigenvalue weighted by Gasteiger charge is 2.46. The molecule has 0 aliphatic carbocycles. The maximum atomic E-state index is 11.4. The number of carboxylic acid groups (broad SMARTS) is 1. The lowest BCUT2D eigenvalue weighted by atomic mass is 9.99. The van der Waals surface area contributed by atoms with Crippen LogP contribution in [0.15, 0.2) is 0 Å². The summed E-state index contributed by atoms with van der Waals surface area (Å²) in [7, 11) is 0. The van der Waals surface area contributed by atoms with Crippen molar-refractivity contribution in [2.45, 2.75) is 37.1 Å². The van der Waals surface area contributed by atoms with E-state index in [0.29, 0.717) is 0 Å². The van der Waals surface area contributed by atoms with Crippen molar-refractivity contribution in [3.05, 3.63) is 0 Å². The molecule has 0 spiro atoms. The van der Waals surface area contributed by atoms with Crippen LogP contribution in [0, 0.1) is 0 Å². The molecule has 0 bridgehead atoms. The number of nitrogens with one attached hydrogen (secondary N) is 2. The molecular formula is C13H23N3O10. The fourth-order valence-electron chi connectivity index (χ4n) is 2.01. The van der Waals surface area contributed by atoms with Gasteiger partial charge in [-0.3, -0.25) is 4.79 Å². The van der Waals surface area contributed by atoms with Gasteiger partial charge in [0, 0.05) is 19.6 Å². The number of aliphatic carboxylic acids is 1. The minimum atomic E-state index is -1.78. The predicted molar refractivity (Wildman–Crippen MR) is 81.8 cm³/mol. The fourth-order valence-corrected chi connectivity index (χ4v) is 2.01. The van der Waals surface area contributed by atoms with Crippen LogP contribution in [-0.2, 0) is 19.0 Å². The molecule has 0 saturated carbocycles. The van der Waals surface area contributed by atoms with E-state index in [9.17, 15) is 29.7 Å². The number of ether oxygens (including phenoxy) is 3. The molecule has 2 amide bonds. The number of carbonyl (C=O) groups is 3. The highest BCUT2D eigenvalue weighted by atomic mass is 16.7. The van der Waals surface area contributed by atoms with Gasteiger partial charge in [-0.1, -0.05) is 0 Å². The number of nitrogens with two attached hydrogens (primary N) is 1. The summed E-state index contributed by atoms with van der Waals surface area (Å²) in [6, 6.07) is 0. The molecular weight excluding hydrogens is 358 g/mol. The Kier molecular flexibility index (Phi) is 9.01. The topological polar surface area (TPSA) is 210 Å². The molecule has 0 aromatic rings. The van der Waals surface area contributed by atoms with Crippen LogP contribution in [0.1, 0.15) is 6.42 Å². The van der Waals surface area contributed by atoms with Crippen molar-refractivity contribution in [2.75, 3.05) is 26.2 Å². The summed E-state index contributed by atoms with van der Waals surface area (Å²) in [5.41, 5.74) is 5.20. The Hall–Kier alpha value is -2.19. The van der Waals surface area contributed by atoms with E-state index in [1.165, 1.54) is 0 Å². The first-order valence-electron chi connectivity index (χ1n) is 7.73. The first kappa shape index (κ1) is 21.9. The first-order chi connectivity index (χ1) is 12.3. The van der Waals surface area contributed by atoms with Gasteiger partial charge in [-0.15, -0.1) is 0 Å². The SMILES string of the molecule is NCCNC(=O)O[C@@H]1[C@@H](O)[C@H](O)[C@@H](COC(=O)NCCC(=O)O)O[C@H]1O. The number of rotatable bonds is 8. The minimum Gasteiger partial charge on any atom is -0.481 e. The number of aliphatic hydroxyl groups excluding tert-OH is 3. The van der Waals surface area contributed by atoms with Crippen LogP contribution in [0.4, 0.5) is 9.59 Å². The Bertz CT molecular complexity index is 491. The maximum Gasteiger partial charge on any atom is 0.407 e. The second kappa shape index (κ2) is 10.7. The smallest absolute Gasteiger partial charge is 0.407 e. The van der Waals surface area contributed by atoms with Gasteiger partial charge in [-0.05, 0) is 0 Å². The normalized spacial score (nSPS) is 28.1. The van der Waals surface area contributed by atoms with Gasteiger partial charge in [-0.2, -0.15) is 0 Å². The zero-order valence-electron chi connectivity index (χ0n) is 13.7. The number of amides is 2. The zero-order valence-corrected chi connectivity index (χ0v) is 13.7. The summed E-state index contributed by atoms with van der Waals surface area (Å²) >= 11 is 0. The molecule has 1 heterocycles. The number of carbonyl (C=O) groups excluding carboxylic acids is 2. The summed E-state index contributed by atoms with van der Waals surface area (Å²) in [4.78, 5) is 33.1. The van der Waals surface area contributed by atoms with Crippen molar-refractivity contribution in [1.82, 2.24) is 10.6 Å². The predicted octanol–water partition coefficient (Wildman–Crippen LogP) is -3.32. The fraction of sp³-hybridized carbons (Fsp3) is 0.769. The van der Waals surface area contributed by atoms with Crippen LogP contribution < -0.4 is 16.4 Å². The van der Waals surface area contributed by atoms with Gasteiger partial charge < -0.3 is 51.0 Å². The van der Waals surface area contributed by atoms with Gasteiger partial charge in [0.2, 0.25) is 0 Å². The van der Waals surface area contributed by atoms with Gasteiger partial charge in [0.15, 0.2) is 12.4 Å². The average molecular weight is 381 g/mol. The molecule has 13 nitrogen and oxygen atoms in total. The molecule has 0 aromatic heterocycles. The number of hydrogen-bond donors (Lipinski definition) is 7. The Balaban J connectivity index is 2.46. The zero-order chi connectivity index (χ0) is 19.7. The van der Waals surface area contributed by atoms with Crippen LogP contribution in [0.5, 0.6) is 0 Å². The third kappa shape index (κ3) is 6.97. The van der Waals surface area contributed by atoms with Crippen LogP contribution in [0.2, 0.25) is 0 Å². The Morgan fingerprint density at radius 2 is 1.69 bits per heavy atom. The van der Waals surface area contributed by atoms with E-state index in [-0.39, 0.29) is 26.1 Å². The monoisotopic (exact) mass is 381 g/mol. The molecule has 0 unspecified atom stereocenters. The van der Waals surface area contributed by atoms with Gasteiger partial charge in [0.25, 0.3) is 0 Å². The van der Waals surface area contributed by atoms with Crippen LogP contribution in [0.3, 0.4) is 0 Å². The summed E-state index contributed by atoms with van der Waals surface area (Å²) in [6.45, 7) is -0.450. The number of alkyl carbamates (subject to hydrolysis) is 2. The van der Waals surface area contributed by atoms with Crippen LogP contribution in [0.25, 0.3) is 0 Å². The molecule has 5 atom stereocenters. The van der Waals surface area contributed by atoms with Crippen molar-refractivity contribution in [3.8, 4) is 0 Å². The van der Waals surface area contributed by atoms with E-state index < -0.39 is 55.5 Å². The standard InChI is InChI=1S/C13H23N3O10/c14-2-4-16-13(23)26-10-9(20)8(19)6(25-11(10)21)5-24-12(22)15-3-1-7(17)18/h6,8-11,19-21H,1-5,14H2,(H,15,22)(H,16,23)(H,17,18)/t6-,8-,9+,10-,11-/m1/s1. The largest absolute Gasteiger partial charge is 0.481 e. The minimum absolute atomic E-state index is 0.106. The average Bonchev–Trinajstić information content (AvgIpc) is 2.58. The van der Waals surface area contributed by atoms with Crippen molar-refractivity contribution in [2.24, 2.45) is 5.73 Å². The second-order valence-electron chi connectivity index (χ2n) is 5.30. The van der Waals surface area contributed by atoms with E-state index in [1.54, 1.807) is 0 Å². The summed E-state index contributed by atoms with van der Waals surface area (Å²) < 4.78 is 14.5. The lowest BCUT2D eigenvalue weighted by Gasteiger charge is -2.39. The second-order valence-corrected chi connectivity index (χ2v) is 5.30. The molecule has 1 rings (SSSR count). The highest BCUT2D eigenvalue weighted by molar-refractivity contribution is 5.70. The number of aliphatic hydroxyl groups is 3. The highest BCUT2D eigenvalue weighted by Crippen LogP contribution is 2.22.